The number of fused-ring (bicyclic) bond motifs is 6. The Kier molecular flexibility index (Phi) is 13.2. The van der Waals surface area contributed by atoms with Crippen LogP contribution in [0.25, 0.3) is 66.1 Å². The van der Waals surface area contributed by atoms with Crippen LogP contribution in [-0.2, 0) is 0 Å². The van der Waals surface area contributed by atoms with E-state index in [2.05, 4.69) is 47.8 Å². The highest BCUT2D eigenvalue weighted by Crippen LogP contribution is 2.39. The maximum Gasteiger partial charge on any atom is 0.495 e. The molecule has 66 heavy (non-hydrogen) atoms. The van der Waals surface area contributed by atoms with Crippen LogP contribution < -0.4 is 5.46 Å². The molecule has 2 heterocycles. The Hall–Kier alpha value is -6.70. The van der Waals surface area contributed by atoms with Crippen molar-refractivity contribution < 1.29 is 37.5 Å². The predicted octanol–water partition coefficient (Wildman–Crippen LogP) is 13.3. The average molecular weight is 1080 g/mol. The molecule has 8 aromatic carbocycles. The number of para-hydroxylation sites is 4. The van der Waals surface area contributed by atoms with Crippen LogP contribution in [0.3, 0.4) is 0 Å². The minimum atomic E-state index is -1.92. The van der Waals surface area contributed by atoms with Crippen LogP contribution in [0.15, 0.2) is 171 Å². The summed E-state index contributed by atoms with van der Waals surface area (Å²) in [7, 11) is -1.92. The molecule has 0 bridgehead atoms. The molecule has 328 valence electrons. The standard InChI is InChI=1S/C24H13BrF2N2O2.C18H13BN2O4.C6H2Br2F2/c25-19-13-20(26)17(12-21(19)27)18-11-14(9-10-24(18)29(30)31)28-22-7-3-1-5-15(22)16-6-2-4-8-23(16)28;22-19(23)15-11-12(9-10-18(15)21(24)25)20-16-7-3-1-5-13(16)14-6-2-4-8-17(14)20;7-3-1-5(9)4(8)2-6(3)10/h1-13H;1-11,22-23H;1-2H. The number of nitrogens with zero attached hydrogens (tertiary/aromatic N) is 4. The number of halogens is 7. The van der Waals surface area contributed by atoms with Gasteiger partial charge in [-0.05, 0) is 121 Å². The molecule has 0 aliphatic carbocycles. The van der Waals surface area contributed by atoms with E-state index in [9.17, 15) is 47.8 Å². The van der Waals surface area contributed by atoms with Gasteiger partial charge in [-0.3, -0.25) is 20.2 Å². The highest BCUT2D eigenvalue weighted by molar-refractivity contribution is 9.11. The summed E-state index contributed by atoms with van der Waals surface area (Å²) in [5, 5.41) is 46.0. The topological polar surface area (TPSA) is 137 Å². The molecule has 2 N–H and O–H groups in total. The Morgan fingerprint density at radius 1 is 0.439 bits per heavy atom. The van der Waals surface area contributed by atoms with E-state index in [0.717, 1.165) is 67.9 Å². The van der Waals surface area contributed by atoms with Crippen molar-refractivity contribution in [1.29, 1.82) is 0 Å². The summed E-state index contributed by atoms with van der Waals surface area (Å²) in [6.07, 6.45) is 0. The highest BCUT2D eigenvalue weighted by Gasteiger charge is 2.26. The lowest BCUT2D eigenvalue weighted by atomic mass is 9.78. The molecule has 18 heteroatoms. The van der Waals surface area contributed by atoms with Gasteiger partial charge in [0.05, 0.1) is 56.4 Å². The Labute approximate surface area is 396 Å². The number of rotatable bonds is 6. The van der Waals surface area contributed by atoms with Gasteiger partial charge in [-0.25, -0.2) is 17.6 Å². The van der Waals surface area contributed by atoms with E-state index < -0.39 is 40.2 Å². The maximum atomic E-state index is 14.7. The summed E-state index contributed by atoms with van der Waals surface area (Å²) in [5.41, 5.74) is 4.02. The van der Waals surface area contributed by atoms with Crippen molar-refractivity contribution in [2.75, 3.05) is 0 Å². The van der Waals surface area contributed by atoms with E-state index >= 15 is 0 Å². The van der Waals surface area contributed by atoms with E-state index in [4.69, 9.17) is 0 Å². The molecule has 0 amide bonds. The van der Waals surface area contributed by atoms with Gasteiger partial charge in [0.15, 0.2) is 0 Å². The predicted molar refractivity (Wildman–Crippen MR) is 260 cm³/mol. The van der Waals surface area contributed by atoms with Gasteiger partial charge in [-0.1, -0.05) is 72.8 Å². The minimum Gasteiger partial charge on any atom is -0.423 e. The van der Waals surface area contributed by atoms with Gasteiger partial charge < -0.3 is 19.2 Å². The second-order valence-corrected chi connectivity index (χ2v) is 17.1. The van der Waals surface area contributed by atoms with Crippen LogP contribution >= 0.6 is 47.8 Å². The number of benzene rings is 8. The normalized spacial score (nSPS) is 11.0. The number of nitro groups is 2. The van der Waals surface area contributed by atoms with Crippen molar-refractivity contribution in [2.45, 2.75) is 0 Å². The van der Waals surface area contributed by atoms with Crippen molar-refractivity contribution in [2.24, 2.45) is 0 Å². The van der Waals surface area contributed by atoms with E-state index in [-0.39, 0.29) is 41.4 Å². The second-order valence-electron chi connectivity index (χ2n) is 14.5. The molecule has 0 saturated carbocycles. The Morgan fingerprint density at radius 3 is 1.18 bits per heavy atom. The van der Waals surface area contributed by atoms with Gasteiger partial charge in [0.2, 0.25) is 0 Å². The lowest BCUT2D eigenvalue weighted by Crippen LogP contribution is -2.32. The van der Waals surface area contributed by atoms with Gasteiger partial charge >= 0.3 is 7.12 Å². The van der Waals surface area contributed by atoms with Crippen molar-refractivity contribution >= 4 is 115 Å². The Balaban J connectivity index is 0.000000151. The maximum absolute atomic E-state index is 14.7. The molecule has 0 atom stereocenters. The summed E-state index contributed by atoms with van der Waals surface area (Å²) in [6, 6.07) is 44.3. The Morgan fingerprint density at radius 2 is 0.788 bits per heavy atom. The number of nitro benzene ring substituents is 2. The molecule has 0 radical (unpaired) electrons. The summed E-state index contributed by atoms with van der Waals surface area (Å²) in [5.74, 6) is -2.41. The molecule has 0 saturated heterocycles. The minimum absolute atomic E-state index is 0.00765. The lowest BCUT2D eigenvalue weighted by Gasteiger charge is -2.12. The van der Waals surface area contributed by atoms with E-state index in [1.807, 2.05) is 106 Å². The van der Waals surface area contributed by atoms with Crippen molar-refractivity contribution in [1.82, 2.24) is 9.13 Å². The van der Waals surface area contributed by atoms with Gasteiger partial charge in [0.25, 0.3) is 11.4 Å². The second kappa shape index (κ2) is 19.0. The molecule has 0 spiro atoms. The van der Waals surface area contributed by atoms with Gasteiger partial charge in [0, 0.05) is 50.6 Å². The van der Waals surface area contributed by atoms with Gasteiger partial charge in [-0.2, -0.15) is 0 Å². The monoisotopic (exact) mass is 1080 g/mol. The van der Waals surface area contributed by atoms with Crippen LogP contribution in [0.1, 0.15) is 0 Å². The molecule has 10 nitrogen and oxygen atoms in total. The molecule has 10 rings (SSSR count). The van der Waals surface area contributed by atoms with Gasteiger partial charge in [-0.15, -0.1) is 0 Å². The molecular weight excluding hydrogens is 1060 g/mol. The third-order valence-electron chi connectivity index (χ3n) is 10.6. The molecule has 2 aromatic heterocycles. The lowest BCUT2D eigenvalue weighted by molar-refractivity contribution is -0.384. The van der Waals surface area contributed by atoms with Crippen LogP contribution in [-0.4, -0.2) is 36.1 Å². The third kappa shape index (κ3) is 8.85. The van der Waals surface area contributed by atoms with Crippen molar-refractivity contribution in [3.63, 3.8) is 0 Å². The largest absolute Gasteiger partial charge is 0.495 e. The fourth-order valence-corrected chi connectivity index (χ4v) is 8.67. The van der Waals surface area contributed by atoms with Crippen molar-refractivity contribution in [3.05, 3.63) is 215 Å². The third-order valence-corrected chi connectivity index (χ3v) is 12.4. The van der Waals surface area contributed by atoms with Crippen LogP contribution in [0.2, 0.25) is 0 Å². The van der Waals surface area contributed by atoms with Gasteiger partial charge in [0.1, 0.15) is 23.3 Å². The SMILES string of the molecule is Fc1cc(Br)c(F)cc1Br.O=[N+]([O-])c1ccc(-n2c3ccccc3c3ccccc32)cc1-c1cc(F)c(Br)cc1F.O=[N+]([O-])c1ccc(-n2c3ccccc3c3ccccc32)cc1B(O)O. The number of aromatic nitrogens is 2. The van der Waals surface area contributed by atoms with Crippen LogP contribution in [0.5, 0.6) is 0 Å². The molecule has 0 aliphatic heterocycles. The molecule has 0 unspecified atom stereocenters. The average Bonchev–Trinajstić information content (AvgIpc) is 3.83. The first-order chi connectivity index (χ1) is 31.6. The highest BCUT2D eigenvalue weighted by atomic mass is 79.9. The molecule has 0 aliphatic rings. The van der Waals surface area contributed by atoms with Crippen LogP contribution in [0, 0.1) is 43.5 Å². The fourth-order valence-electron chi connectivity index (χ4n) is 7.72. The smallest absolute Gasteiger partial charge is 0.423 e. The summed E-state index contributed by atoms with van der Waals surface area (Å²) >= 11 is 8.64. The Bertz CT molecular complexity index is 3400. The molecule has 0 fully saturated rings. The first-order valence-corrected chi connectivity index (χ1v) is 21.9. The summed E-state index contributed by atoms with van der Waals surface area (Å²) in [6.45, 7) is 0. The fraction of sp³-hybridized carbons (Fsp3) is 0. The van der Waals surface area contributed by atoms with E-state index in [1.165, 1.54) is 24.3 Å². The first kappa shape index (κ1) is 45.9. The zero-order valence-corrected chi connectivity index (χ0v) is 38.3. The quantitative estimate of drug-likeness (QED) is 0.0559. The first-order valence-electron chi connectivity index (χ1n) is 19.5. The number of hydrogen-bond acceptors (Lipinski definition) is 6. The summed E-state index contributed by atoms with van der Waals surface area (Å²) < 4.78 is 58.1. The zero-order chi connectivity index (χ0) is 47.0. The van der Waals surface area contributed by atoms with E-state index in [0.29, 0.717) is 11.4 Å². The number of hydrogen-bond donors (Lipinski definition) is 2. The van der Waals surface area contributed by atoms with Crippen LogP contribution in [0.4, 0.5) is 28.9 Å². The van der Waals surface area contributed by atoms with Crippen molar-refractivity contribution in [3.8, 4) is 22.5 Å². The summed E-state index contributed by atoms with van der Waals surface area (Å²) in [4.78, 5) is 21.6. The van der Waals surface area contributed by atoms with E-state index in [1.54, 1.807) is 12.1 Å². The zero-order valence-electron chi connectivity index (χ0n) is 33.6. The molecule has 10 aromatic rings. The molecular formula is C48H28BBr3F4N4O6.